The Morgan fingerprint density at radius 2 is 2.00 bits per heavy atom. The normalized spacial score (nSPS) is 11.3. The number of amides is 3. The van der Waals surface area contributed by atoms with Crippen LogP contribution in [0.1, 0.15) is 17.3 Å². The molecule has 0 saturated carbocycles. The van der Waals surface area contributed by atoms with Gasteiger partial charge in [0.2, 0.25) is 0 Å². The fourth-order valence-electron chi connectivity index (χ4n) is 1.19. The maximum Gasteiger partial charge on any atom is 0.339 e. The number of aromatic hydroxyl groups is 1. The van der Waals surface area contributed by atoms with Gasteiger partial charge in [-0.3, -0.25) is 10.1 Å². The second-order valence-corrected chi connectivity index (χ2v) is 3.67. The fraction of sp³-hybridized carbons (Fsp3) is 0.250. The van der Waals surface area contributed by atoms with Crippen LogP contribution in [-0.2, 0) is 9.53 Å². The first-order valence-electron chi connectivity index (χ1n) is 5.46. The number of phenols is 1. The van der Waals surface area contributed by atoms with Gasteiger partial charge in [-0.05, 0) is 25.1 Å². The molecule has 0 unspecified atom stereocenters. The monoisotopic (exact) mass is 266 g/mol. The number of ether oxygens (including phenoxy) is 1. The molecule has 0 heterocycles. The third-order valence-corrected chi connectivity index (χ3v) is 2.20. The van der Waals surface area contributed by atoms with E-state index in [1.165, 1.54) is 38.2 Å². The topological polar surface area (TPSA) is 105 Å². The summed E-state index contributed by atoms with van der Waals surface area (Å²) in [4.78, 5) is 34.0. The van der Waals surface area contributed by atoms with Gasteiger partial charge >= 0.3 is 12.0 Å². The van der Waals surface area contributed by atoms with E-state index >= 15 is 0 Å². The van der Waals surface area contributed by atoms with E-state index in [1.54, 1.807) is 0 Å². The molecule has 102 valence electrons. The molecule has 1 aromatic carbocycles. The van der Waals surface area contributed by atoms with Crippen LogP contribution in [0, 0.1) is 0 Å². The van der Waals surface area contributed by atoms with Crippen LogP contribution in [0.3, 0.4) is 0 Å². The minimum atomic E-state index is -1.13. The maximum absolute atomic E-state index is 11.7. The van der Waals surface area contributed by atoms with E-state index in [9.17, 15) is 19.5 Å². The number of urea groups is 1. The number of rotatable bonds is 3. The number of esters is 1. The van der Waals surface area contributed by atoms with Crippen LogP contribution in [0.25, 0.3) is 0 Å². The second kappa shape index (κ2) is 6.39. The summed E-state index contributed by atoms with van der Waals surface area (Å²) in [5.41, 5.74) is 0.111. The summed E-state index contributed by atoms with van der Waals surface area (Å²) in [6.45, 7) is 1.33. The zero-order valence-electron chi connectivity index (χ0n) is 10.5. The molecule has 19 heavy (non-hydrogen) atoms. The Hall–Kier alpha value is -2.57. The predicted molar refractivity (Wildman–Crippen MR) is 65.6 cm³/mol. The van der Waals surface area contributed by atoms with Gasteiger partial charge in [-0.15, -0.1) is 0 Å². The molecule has 1 aromatic rings. The molecule has 0 aromatic heterocycles. The molecule has 0 aliphatic rings. The van der Waals surface area contributed by atoms with E-state index in [4.69, 9.17) is 4.74 Å². The summed E-state index contributed by atoms with van der Waals surface area (Å²) < 4.78 is 4.86. The zero-order valence-corrected chi connectivity index (χ0v) is 10.5. The number of carbonyl (C=O) groups excluding carboxylic acids is 3. The van der Waals surface area contributed by atoms with Crippen molar-refractivity contribution in [3.63, 3.8) is 0 Å². The van der Waals surface area contributed by atoms with Gasteiger partial charge in [-0.1, -0.05) is 6.07 Å². The van der Waals surface area contributed by atoms with Crippen molar-refractivity contribution in [3.05, 3.63) is 29.8 Å². The van der Waals surface area contributed by atoms with Gasteiger partial charge in [-0.25, -0.2) is 9.59 Å². The molecule has 1 rings (SSSR count). The minimum absolute atomic E-state index is 0.0862. The van der Waals surface area contributed by atoms with Crippen molar-refractivity contribution in [1.29, 1.82) is 0 Å². The van der Waals surface area contributed by atoms with Crippen LogP contribution in [0.4, 0.5) is 4.79 Å². The molecule has 0 radical (unpaired) electrons. The number of nitrogens with one attached hydrogen (secondary N) is 2. The van der Waals surface area contributed by atoms with E-state index in [-0.39, 0.29) is 11.3 Å². The number of hydrogen-bond acceptors (Lipinski definition) is 5. The first-order valence-corrected chi connectivity index (χ1v) is 5.46. The van der Waals surface area contributed by atoms with Crippen LogP contribution >= 0.6 is 0 Å². The highest BCUT2D eigenvalue weighted by atomic mass is 16.5. The molecule has 7 nitrogen and oxygen atoms in total. The number of benzene rings is 1. The van der Waals surface area contributed by atoms with Gasteiger partial charge in [-0.2, -0.15) is 0 Å². The smallest absolute Gasteiger partial charge is 0.339 e. The van der Waals surface area contributed by atoms with Crippen LogP contribution in [0.2, 0.25) is 0 Å². The van der Waals surface area contributed by atoms with Gasteiger partial charge in [0, 0.05) is 7.05 Å². The molecule has 0 saturated heterocycles. The van der Waals surface area contributed by atoms with Crippen molar-refractivity contribution >= 4 is 17.9 Å². The standard InChI is InChI=1S/C12H14N2O5/c1-7(10(16)14-12(18)13-2)19-11(17)8-4-3-5-9(15)6-8/h3-7,15H,1-2H3,(H2,13,14,16,18)/t7-/m0/s1. The molecule has 0 aliphatic heterocycles. The lowest BCUT2D eigenvalue weighted by Gasteiger charge is -2.12. The first kappa shape index (κ1) is 14.5. The fourth-order valence-corrected chi connectivity index (χ4v) is 1.19. The molecular weight excluding hydrogens is 252 g/mol. The quantitative estimate of drug-likeness (QED) is 0.686. The van der Waals surface area contributed by atoms with Crippen molar-refractivity contribution in [1.82, 2.24) is 10.6 Å². The minimum Gasteiger partial charge on any atom is -0.508 e. The predicted octanol–water partition coefficient (Wildman–Crippen LogP) is 0.393. The third kappa shape index (κ3) is 4.30. The van der Waals surface area contributed by atoms with Crippen molar-refractivity contribution in [2.75, 3.05) is 7.05 Å². The molecule has 7 heteroatoms. The van der Waals surface area contributed by atoms with Gasteiger partial charge in [0.15, 0.2) is 6.10 Å². The lowest BCUT2D eigenvalue weighted by Crippen LogP contribution is -2.43. The van der Waals surface area contributed by atoms with E-state index in [1.807, 2.05) is 5.32 Å². The summed E-state index contributed by atoms with van der Waals surface area (Å²) in [6, 6.07) is 4.84. The molecule has 0 spiro atoms. The third-order valence-electron chi connectivity index (χ3n) is 2.20. The summed E-state index contributed by atoms with van der Waals surface area (Å²) in [5, 5.41) is 13.4. The van der Waals surface area contributed by atoms with E-state index in [2.05, 4.69) is 5.32 Å². The molecule has 3 amide bonds. The molecule has 3 N–H and O–H groups in total. The molecule has 0 bridgehead atoms. The average Bonchev–Trinajstić information content (AvgIpc) is 2.38. The maximum atomic E-state index is 11.7. The Balaban J connectivity index is 2.61. The van der Waals surface area contributed by atoms with Gasteiger partial charge < -0.3 is 15.2 Å². The number of hydrogen-bond donors (Lipinski definition) is 3. The Labute approximate surface area is 109 Å². The highest BCUT2D eigenvalue weighted by Crippen LogP contribution is 2.12. The van der Waals surface area contributed by atoms with Crippen molar-refractivity contribution < 1.29 is 24.2 Å². The van der Waals surface area contributed by atoms with Crippen molar-refractivity contribution in [2.24, 2.45) is 0 Å². The van der Waals surface area contributed by atoms with E-state index in [0.717, 1.165) is 0 Å². The molecular formula is C12H14N2O5. The van der Waals surface area contributed by atoms with Crippen LogP contribution in [-0.4, -0.2) is 36.2 Å². The van der Waals surface area contributed by atoms with Crippen LogP contribution < -0.4 is 10.6 Å². The molecule has 0 fully saturated rings. The summed E-state index contributed by atoms with van der Waals surface area (Å²) >= 11 is 0. The second-order valence-electron chi connectivity index (χ2n) is 3.67. The van der Waals surface area contributed by atoms with Gasteiger partial charge in [0.1, 0.15) is 5.75 Å². The Morgan fingerprint density at radius 1 is 1.32 bits per heavy atom. The average molecular weight is 266 g/mol. The van der Waals surface area contributed by atoms with Crippen molar-refractivity contribution in [3.8, 4) is 5.75 Å². The van der Waals surface area contributed by atoms with Crippen molar-refractivity contribution in [2.45, 2.75) is 13.0 Å². The number of phenolic OH excluding ortho intramolecular Hbond substituents is 1. The molecule has 0 aliphatic carbocycles. The Kier molecular flexibility index (Phi) is 4.87. The summed E-state index contributed by atoms with van der Waals surface area (Å²) in [5.74, 6) is -1.60. The summed E-state index contributed by atoms with van der Waals surface area (Å²) in [7, 11) is 1.35. The number of imide groups is 1. The van der Waals surface area contributed by atoms with E-state index in [0.29, 0.717) is 0 Å². The van der Waals surface area contributed by atoms with Crippen LogP contribution in [0.15, 0.2) is 24.3 Å². The lowest BCUT2D eigenvalue weighted by atomic mass is 10.2. The first-order chi connectivity index (χ1) is 8.93. The Bertz CT molecular complexity index is 501. The van der Waals surface area contributed by atoms with Gasteiger partial charge in [0.25, 0.3) is 5.91 Å². The largest absolute Gasteiger partial charge is 0.508 e. The van der Waals surface area contributed by atoms with Gasteiger partial charge in [0.05, 0.1) is 5.56 Å². The Morgan fingerprint density at radius 3 is 2.58 bits per heavy atom. The number of carbonyl (C=O) groups is 3. The SMILES string of the molecule is CNC(=O)NC(=O)[C@H](C)OC(=O)c1cccc(O)c1. The molecule has 1 atom stereocenters. The summed E-state index contributed by atoms with van der Waals surface area (Å²) in [6.07, 6.45) is -1.13. The highest BCUT2D eigenvalue weighted by Gasteiger charge is 2.20. The highest BCUT2D eigenvalue weighted by molar-refractivity contribution is 5.98. The zero-order chi connectivity index (χ0) is 14.4. The van der Waals surface area contributed by atoms with Crippen LogP contribution in [0.5, 0.6) is 5.75 Å². The lowest BCUT2D eigenvalue weighted by molar-refractivity contribution is -0.127. The van der Waals surface area contributed by atoms with E-state index < -0.39 is 24.0 Å².